The molecule has 4 heteroatoms. The summed E-state index contributed by atoms with van der Waals surface area (Å²) >= 11 is 0. The highest BCUT2D eigenvalue weighted by molar-refractivity contribution is 5.45. The molecule has 0 radical (unpaired) electrons. The number of anilines is 1. The summed E-state index contributed by atoms with van der Waals surface area (Å²) in [5, 5.41) is 12.4. The van der Waals surface area contributed by atoms with E-state index in [1.807, 2.05) is 12.1 Å². The molecule has 1 aromatic heterocycles. The van der Waals surface area contributed by atoms with Gasteiger partial charge in [-0.15, -0.1) is 0 Å². The molecule has 1 aliphatic heterocycles. The van der Waals surface area contributed by atoms with Crippen LogP contribution >= 0.6 is 0 Å². The summed E-state index contributed by atoms with van der Waals surface area (Å²) in [6.45, 7) is 7.86. The largest absolute Gasteiger partial charge is 0.352 e. The predicted octanol–water partition coefficient (Wildman–Crippen LogP) is 2.64. The van der Waals surface area contributed by atoms with Crippen LogP contribution in [0.4, 0.5) is 5.82 Å². The van der Waals surface area contributed by atoms with Gasteiger partial charge in [-0.1, -0.05) is 19.9 Å². The zero-order chi connectivity index (χ0) is 14.2. The molecule has 2 heterocycles. The maximum Gasteiger partial charge on any atom is 0.127 e. The Morgan fingerprint density at radius 1 is 1.45 bits per heavy atom. The van der Waals surface area contributed by atoms with Gasteiger partial charge in [0, 0.05) is 19.6 Å². The Morgan fingerprint density at radius 3 is 2.80 bits per heavy atom. The molecule has 106 valence electrons. The van der Waals surface area contributed by atoms with Crippen molar-refractivity contribution in [2.45, 2.75) is 38.8 Å². The second-order valence-corrected chi connectivity index (χ2v) is 6.53. The van der Waals surface area contributed by atoms with Crippen molar-refractivity contribution in [2.24, 2.45) is 11.8 Å². The van der Waals surface area contributed by atoms with Crippen LogP contribution < -0.4 is 5.32 Å². The van der Waals surface area contributed by atoms with Crippen molar-refractivity contribution < 1.29 is 0 Å². The number of aromatic nitrogens is 1. The van der Waals surface area contributed by atoms with Gasteiger partial charge in [0.25, 0.3) is 0 Å². The first-order chi connectivity index (χ1) is 9.60. The summed E-state index contributed by atoms with van der Waals surface area (Å²) in [5.74, 6) is 2.45. The van der Waals surface area contributed by atoms with E-state index < -0.39 is 0 Å². The zero-order valence-electron chi connectivity index (χ0n) is 12.3. The molecule has 2 fully saturated rings. The average molecular weight is 270 g/mol. The monoisotopic (exact) mass is 270 g/mol. The van der Waals surface area contributed by atoms with Crippen LogP contribution in [-0.4, -0.2) is 28.5 Å². The number of likely N-dealkylation sites (tertiary alicyclic amines) is 1. The third-order valence-electron chi connectivity index (χ3n) is 4.45. The van der Waals surface area contributed by atoms with Crippen LogP contribution in [0.3, 0.4) is 0 Å². The van der Waals surface area contributed by atoms with Gasteiger partial charge in [0.15, 0.2) is 0 Å². The van der Waals surface area contributed by atoms with E-state index >= 15 is 0 Å². The van der Waals surface area contributed by atoms with E-state index in [4.69, 9.17) is 5.26 Å². The molecule has 0 bridgehead atoms. The Balaban J connectivity index is 1.57. The van der Waals surface area contributed by atoms with Gasteiger partial charge >= 0.3 is 0 Å². The van der Waals surface area contributed by atoms with E-state index in [0.717, 1.165) is 42.7 Å². The number of nitrogens with zero attached hydrogens (tertiary/aromatic N) is 3. The standard InChI is InChI=1S/C16H22N4/c1-12(2)13-8-20(9-13)10-14-4-3-5-15(18-14)19-16(11-17)6-7-16/h3-5,12-13H,6-10H2,1-2H3,(H,18,19). The zero-order valence-corrected chi connectivity index (χ0v) is 12.3. The Hall–Kier alpha value is -1.60. The van der Waals surface area contributed by atoms with Gasteiger partial charge in [-0.2, -0.15) is 5.26 Å². The average Bonchev–Trinajstić information content (AvgIpc) is 3.14. The number of hydrogen-bond acceptors (Lipinski definition) is 4. The van der Waals surface area contributed by atoms with Crippen LogP contribution in [0.25, 0.3) is 0 Å². The number of nitriles is 1. The molecule has 0 unspecified atom stereocenters. The normalized spacial score (nSPS) is 21.3. The van der Waals surface area contributed by atoms with Crippen molar-refractivity contribution in [3.8, 4) is 6.07 Å². The van der Waals surface area contributed by atoms with Gasteiger partial charge in [0.05, 0.1) is 11.8 Å². The lowest BCUT2D eigenvalue weighted by Crippen LogP contribution is -2.48. The second kappa shape index (κ2) is 5.06. The Bertz CT molecular complexity index is 522. The maximum absolute atomic E-state index is 9.11. The topological polar surface area (TPSA) is 52.0 Å². The predicted molar refractivity (Wildman–Crippen MR) is 79.0 cm³/mol. The van der Waals surface area contributed by atoms with Crippen molar-refractivity contribution in [1.29, 1.82) is 5.26 Å². The molecule has 0 amide bonds. The Kier molecular flexibility index (Phi) is 3.39. The molecule has 3 rings (SSSR count). The molecule has 0 atom stereocenters. The summed E-state index contributed by atoms with van der Waals surface area (Å²) in [6.07, 6.45) is 1.86. The molecule has 1 saturated carbocycles. The van der Waals surface area contributed by atoms with E-state index in [-0.39, 0.29) is 5.54 Å². The lowest BCUT2D eigenvalue weighted by atomic mass is 9.88. The summed E-state index contributed by atoms with van der Waals surface area (Å²) in [6, 6.07) is 8.39. The minimum atomic E-state index is -0.342. The molecule has 4 nitrogen and oxygen atoms in total. The van der Waals surface area contributed by atoms with Gasteiger partial charge in [-0.25, -0.2) is 4.98 Å². The highest BCUT2D eigenvalue weighted by Gasteiger charge is 2.43. The van der Waals surface area contributed by atoms with E-state index in [9.17, 15) is 0 Å². The van der Waals surface area contributed by atoms with Crippen LogP contribution in [-0.2, 0) is 6.54 Å². The smallest absolute Gasteiger partial charge is 0.127 e. The molecular weight excluding hydrogens is 248 g/mol. The molecular formula is C16H22N4. The van der Waals surface area contributed by atoms with Gasteiger partial charge in [0.2, 0.25) is 0 Å². The Morgan fingerprint density at radius 2 is 2.20 bits per heavy atom. The molecule has 20 heavy (non-hydrogen) atoms. The molecule has 1 aromatic rings. The highest BCUT2D eigenvalue weighted by Crippen LogP contribution is 2.37. The summed E-state index contributed by atoms with van der Waals surface area (Å²) < 4.78 is 0. The lowest BCUT2D eigenvalue weighted by molar-refractivity contribution is 0.0603. The molecule has 0 aromatic carbocycles. The third kappa shape index (κ3) is 2.78. The summed E-state index contributed by atoms with van der Waals surface area (Å²) in [5.41, 5.74) is 0.747. The Labute approximate surface area is 120 Å². The minimum Gasteiger partial charge on any atom is -0.352 e. The van der Waals surface area contributed by atoms with Crippen molar-refractivity contribution in [3.05, 3.63) is 23.9 Å². The fourth-order valence-corrected chi connectivity index (χ4v) is 2.66. The van der Waals surface area contributed by atoms with Gasteiger partial charge < -0.3 is 5.32 Å². The van der Waals surface area contributed by atoms with Crippen LogP contribution in [0.2, 0.25) is 0 Å². The summed E-state index contributed by atoms with van der Waals surface area (Å²) in [7, 11) is 0. The van der Waals surface area contributed by atoms with Crippen molar-refractivity contribution in [3.63, 3.8) is 0 Å². The van der Waals surface area contributed by atoms with Gasteiger partial charge in [-0.05, 0) is 36.8 Å². The summed E-state index contributed by atoms with van der Waals surface area (Å²) in [4.78, 5) is 7.07. The number of rotatable bonds is 5. The van der Waals surface area contributed by atoms with Crippen molar-refractivity contribution in [1.82, 2.24) is 9.88 Å². The SMILES string of the molecule is CC(C)C1CN(Cc2cccc(NC3(C#N)CC3)n2)C1. The molecule has 0 spiro atoms. The fraction of sp³-hybridized carbons (Fsp3) is 0.625. The van der Waals surface area contributed by atoms with E-state index in [1.54, 1.807) is 0 Å². The maximum atomic E-state index is 9.11. The molecule has 1 saturated heterocycles. The van der Waals surface area contributed by atoms with E-state index in [0.29, 0.717) is 0 Å². The number of nitrogens with one attached hydrogen (secondary N) is 1. The number of hydrogen-bond donors (Lipinski definition) is 1. The molecule has 2 aliphatic rings. The second-order valence-electron chi connectivity index (χ2n) is 6.53. The lowest BCUT2D eigenvalue weighted by Gasteiger charge is -2.41. The highest BCUT2D eigenvalue weighted by atomic mass is 15.2. The van der Waals surface area contributed by atoms with Crippen LogP contribution in [0.1, 0.15) is 32.4 Å². The number of pyridine rings is 1. The quantitative estimate of drug-likeness (QED) is 0.893. The van der Waals surface area contributed by atoms with Crippen LogP contribution in [0.15, 0.2) is 18.2 Å². The molecule has 1 aliphatic carbocycles. The van der Waals surface area contributed by atoms with E-state index in [1.165, 1.54) is 13.1 Å². The first-order valence-corrected chi connectivity index (χ1v) is 7.48. The first-order valence-electron chi connectivity index (χ1n) is 7.48. The van der Waals surface area contributed by atoms with Crippen LogP contribution in [0, 0.1) is 23.2 Å². The third-order valence-corrected chi connectivity index (χ3v) is 4.45. The van der Waals surface area contributed by atoms with Crippen molar-refractivity contribution >= 4 is 5.82 Å². The van der Waals surface area contributed by atoms with Gasteiger partial charge in [-0.3, -0.25) is 4.90 Å². The van der Waals surface area contributed by atoms with Crippen molar-refractivity contribution in [2.75, 3.05) is 18.4 Å². The molecule has 1 N–H and O–H groups in total. The fourth-order valence-electron chi connectivity index (χ4n) is 2.66. The van der Waals surface area contributed by atoms with Gasteiger partial charge in [0.1, 0.15) is 11.4 Å². The minimum absolute atomic E-state index is 0.342. The first kappa shape index (κ1) is 13.4. The van der Waals surface area contributed by atoms with E-state index in [2.05, 4.69) is 41.2 Å². The van der Waals surface area contributed by atoms with Crippen LogP contribution in [0.5, 0.6) is 0 Å².